The first kappa shape index (κ1) is 16.1. The summed E-state index contributed by atoms with van der Waals surface area (Å²) in [6.07, 6.45) is 2.13. The van der Waals surface area contributed by atoms with Crippen LogP contribution in [-0.4, -0.2) is 41.1 Å². The monoisotopic (exact) mass is 328 g/mol. The molecule has 1 fully saturated rings. The van der Waals surface area contributed by atoms with Gasteiger partial charge < -0.3 is 15.7 Å². The van der Waals surface area contributed by atoms with Crippen LogP contribution in [0.4, 0.5) is 5.69 Å². The fourth-order valence-corrected chi connectivity index (χ4v) is 3.36. The second-order valence-electron chi connectivity index (χ2n) is 4.82. The van der Waals surface area contributed by atoms with E-state index >= 15 is 0 Å². The maximum absolute atomic E-state index is 11.9. The van der Waals surface area contributed by atoms with Crippen molar-refractivity contribution in [3.63, 3.8) is 0 Å². The zero-order chi connectivity index (χ0) is 15.2. The maximum atomic E-state index is 11.9. The fourth-order valence-electron chi connectivity index (χ4n) is 2.09. The molecule has 2 rings (SSSR count). The van der Waals surface area contributed by atoms with Crippen LogP contribution in [0.25, 0.3) is 0 Å². The van der Waals surface area contributed by atoms with Gasteiger partial charge in [-0.2, -0.15) is 11.8 Å². The van der Waals surface area contributed by atoms with Gasteiger partial charge in [0, 0.05) is 6.04 Å². The number of thioether (sulfide) groups is 1. The van der Waals surface area contributed by atoms with E-state index in [1.165, 1.54) is 18.2 Å². The standard InChI is InChI=1S/C14H17ClN2O3S/c15-11-2-1-9(14(19)20)7-12(11)17-13(18)8-16-10-3-5-21-6-4-10/h1-2,7,10,16H,3-6,8H2,(H,17,18)(H,19,20). The zero-order valence-electron chi connectivity index (χ0n) is 11.4. The summed E-state index contributed by atoms with van der Waals surface area (Å²) < 4.78 is 0. The van der Waals surface area contributed by atoms with Crippen LogP contribution < -0.4 is 10.6 Å². The van der Waals surface area contributed by atoms with Crippen LogP contribution in [0.1, 0.15) is 23.2 Å². The number of amides is 1. The fraction of sp³-hybridized carbons (Fsp3) is 0.429. The van der Waals surface area contributed by atoms with E-state index in [-0.39, 0.29) is 18.0 Å². The predicted molar refractivity (Wildman–Crippen MR) is 85.4 cm³/mol. The van der Waals surface area contributed by atoms with Crippen molar-refractivity contribution in [1.82, 2.24) is 5.32 Å². The molecule has 0 spiro atoms. The molecule has 0 radical (unpaired) electrons. The molecule has 0 saturated carbocycles. The van der Waals surface area contributed by atoms with Crippen LogP contribution in [0.5, 0.6) is 0 Å². The number of carbonyl (C=O) groups is 2. The lowest BCUT2D eigenvalue weighted by Crippen LogP contribution is -2.38. The minimum absolute atomic E-state index is 0.0898. The molecular formula is C14H17ClN2O3S. The second kappa shape index (κ2) is 7.68. The Bertz CT molecular complexity index is 533. The van der Waals surface area contributed by atoms with E-state index in [1.807, 2.05) is 11.8 Å². The van der Waals surface area contributed by atoms with Gasteiger partial charge in [-0.25, -0.2) is 4.79 Å². The third-order valence-electron chi connectivity index (χ3n) is 3.26. The molecular weight excluding hydrogens is 312 g/mol. The van der Waals surface area contributed by atoms with Gasteiger partial charge in [0.2, 0.25) is 5.91 Å². The number of carboxylic acid groups (broad SMARTS) is 1. The largest absolute Gasteiger partial charge is 0.478 e. The summed E-state index contributed by atoms with van der Waals surface area (Å²) in [5.41, 5.74) is 0.412. The summed E-state index contributed by atoms with van der Waals surface area (Å²) in [6.45, 7) is 0.197. The summed E-state index contributed by atoms with van der Waals surface area (Å²) in [4.78, 5) is 22.8. The summed E-state index contributed by atoms with van der Waals surface area (Å²) in [6, 6.07) is 4.60. The predicted octanol–water partition coefficient (Wildman–Crippen LogP) is 2.46. The molecule has 0 bridgehead atoms. The van der Waals surface area contributed by atoms with Crippen LogP contribution in [0, 0.1) is 0 Å². The zero-order valence-corrected chi connectivity index (χ0v) is 13.0. The Hall–Kier alpha value is -1.24. The molecule has 3 N–H and O–H groups in total. The topological polar surface area (TPSA) is 78.4 Å². The molecule has 1 amide bonds. The van der Waals surface area contributed by atoms with Gasteiger partial charge in [-0.15, -0.1) is 0 Å². The molecule has 1 aliphatic heterocycles. The number of halogens is 1. The number of anilines is 1. The lowest BCUT2D eigenvalue weighted by Gasteiger charge is -2.22. The number of nitrogens with one attached hydrogen (secondary N) is 2. The molecule has 114 valence electrons. The van der Waals surface area contributed by atoms with Crippen LogP contribution in [0.3, 0.4) is 0 Å². The van der Waals surface area contributed by atoms with Gasteiger partial charge in [0.15, 0.2) is 0 Å². The number of carboxylic acids is 1. The normalized spacial score (nSPS) is 15.7. The number of benzene rings is 1. The van der Waals surface area contributed by atoms with Crippen molar-refractivity contribution in [3.8, 4) is 0 Å². The minimum Gasteiger partial charge on any atom is -0.478 e. The number of carbonyl (C=O) groups excluding carboxylic acids is 1. The van der Waals surface area contributed by atoms with Crippen molar-refractivity contribution >= 4 is 40.9 Å². The van der Waals surface area contributed by atoms with Crippen molar-refractivity contribution in [2.75, 3.05) is 23.4 Å². The highest BCUT2D eigenvalue weighted by Gasteiger charge is 2.15. The van der Waals surface area contributed by atoms with Crippen molar-refractivity contribution in [3.05, 3.63) is 28.8 Å². The molecule has 1 aliphatic rings. The highest BCUT2D eigenvalue weighted by Crippen LogP contribution is 2.23. The van der Waals surface area contributed by atoms with Crippen LogP contribution in [0.2, 0.25) is 5.02 Å². The molecule has 21 heavy (non-hydrogen) atoms. The second-order valence-corrected chi connectivity index (χ2v) is 6.45. The average molecular weight is 329 g/mol. The highest BCUT2D eigenvalue weighted by atomic mass is 35.5. The van der Waals surface area contributed by atoms with E-state index in [0.29, 0.717) is 16.8 Å². The van der Waals surface area contributed by atoms with Gasteiger partial charge in [0.05, 0.1) is 22.8 Å². The van der Waals surface area contributed by atoms with Gasteiger partial charge in [-0.05, 0) is 42.5 Å². The minimum atomic E-state index is -1.06. The Morgan fingerprint density at radius 3 is 2.71 bits per heavy atom. The summed E-state index contributed by atoms with van der Waals surface area (Å²) in [5, 5.41) is 15.1. The number of aromatic carboxylic acids is 1. The van der Waals surface area contributed by atoms with Crippen molar-refractivity contribution in [2.45, 2.75) is 18.9 Å². The lowest BCUT2D eigenvalue weighted by molar-refractivity contribution is -0.115. The maximum Gasteiger partial charge on any atom is 0.335 e. The molecule has 0 atom stereocenters. The van der Waals surface area contributed by atoms with E-state index in [1.54, 1.807) is 0 Å². The lowest BCUT2D eigenvalue weighted by atomic mass is 10.1. The quantitative estimate of drug-likeness (QED) is 0.774. The molecule has 0 unspecified atom stereocenters. The van der Waals surface area contributed by atoms with Gasteiger partial charge in [-0.1, -0.05) is 11.6 Å². The Kier molecular flexibility index (Phi) is 5.90. The van der Waals surface area contributed by atoms with Gasteiger partial charge in [0.1, 0.15) is 0 Å². The summed E-state index contributed by atoms with van der Waals surface area (Å²) in [7, 11) is 0. The first-order valence-electron chi connectivity index (χ1n) is 6.70. The van der Waals surface area contributed by atoms with Crippen LogP contribution in [-0.2, 0) is 4.79 Å². The van der Waals surface area contributed by atoms with Crippen molar-refractivity contribution < 1.29 is 14.7 Å². The first-order chi connectivity index (χ1) is 10.1. The molecule has 5 nitrogen and oxygen atoms in total. The molecule has 0 aliphatic carbocycles. The summed E-state index contributed by atoms with van der Waals surface area (Å²) >= 11 is 7.89. The van der Waals surface area contributed by atoms with Gasteiger partial charge in [0.25, 0.3) is 0 Å². The highest BCUT2D eigenvalue weighted by molar-refractivity contribution is 7.99. The Balaban J connectivity index is 1.89. The van der Waals surface area contributed by atoms with Crippen LogP contribution in [0.15, 0.2) is 18.2 Å². The van der Waals surface area contributed by atoms with Crippen molar-refractivity contribution in [1.29, 1.82) is 0 Å². The molecule has 7 heteroatoms. The Morgan fingerprint density at radius 1 is 1.33 bits per heavy atom. The van der Waals surface area contributed by atoms with E-state index in [2.05, 4.69) is 10.6 Å². The third-order valence-corrected chi connectivity index (χ3v) is 4.64. The number of hydrogen-bond acceptors (Lipinski definition) is 4. The molecule has 1 aromatic carbocycles. The molecule has 0 aromatic heterocycles. The van der Waals surface area contributed by atoms with E-state index in [0.717, 1.165) is 24.3 Å². The first-order valence-corrected chi connectivity index (χ1v) is 8.23. The van der Waals surface area contributed by atoms with Crippen molar-refractivity contribution in [2.24, 2.45) is 0 Å². The van der Waals surface area contributed by atoms with E-state index in [4.69, 9.17) is 16.7 Å². The van der Waals surface area contributed by atoms with Gasteiger partial charge >= 0.3 is 5.97 Å². The van der Waals surface area contributed by atoms with E-state index in [9.17, 15) is 9.59 Å². The SMILES string of the molecule is O=C(CNC1CCSCC1)Nc1cc(C(=O)O)ccc1Cl. The Labute approximate surface area is 132 Å². The number of rotatable bonds is 5. The molecule has 1 saturated heterocycles. The third kappa shape index (κ3) is 4.91. The summed E-state index contributed by atoms with van der Waals surface area (Å²) in [5.74, 6) is 0.954. The molecule has 1 heterocycles. The number of hydrogen-bond donors (Lipinski definition) is 3. The van der Waals surface area contributed by atoms with Crippen LogP contribution >= 0.6 is 23.4 Å². The van der Waals surface area contributed by atoms with E-state index < -0.39 is 5.97 Å². The molecule has 1 aromatic rings. The van der Waals surface area contributed by atoms with Gasteiger partial charge in [-0.3, -0.25) is 4.79 Å². The average Bonchev–Trinajstić information content (AvgIpc) is 2.48. The smallest absolute Gasteiger partial charge is 0.335 e. The Morgan fingerprint density at radius 2 is 2.05 bits per heavy atom.